The summed E-state index contributed by atoms with van der Waals surface area (Å²) in [4.78, 5) is 12.0. The maximum atomic E-state index is 12.0. The maximum absolute atomic E-state index is 12.0. The second-order valence-electron chi connectivity index (χ2n) is 4.92. The Balaban J connectivity index is 2.16. The topological polar surface area (TPSA) is 76.0 Å². The van der Waals surface area contributed by atoms with Crippen LogP contribution in [0.4, 0.5) is 0 Å². The molecule has 0 aliphatic carbocycles. The Hall–Kier alpha value is -3.21. The van der Waals surface area contributed by atoms with E-state index in [9.17, 15) is 15.0 Å². The van der Waals surface area contributed by atoms with Crippen molar-refractivity contribution in [3.8, 4) is 23.0 Å². The molecule has 0 spiro atoms. The number of hydrogen-bond acceptors (Lipinski definition) is 5. The number of carbonyl (C=O) groups is 1. The van der Waals surface area contributed by atoms with Crippen molar-refractivity contribution in [1.29, 1.82) is 0 Å². The van der Waals surface area contributed by atoms with Crippen LogP contribution in [-0.4, -0.2) is 30.2 Å². The van der Waals surface area contributed by atoms with Crippen LogP contribution in [0.25, 0.3) is 12.2 Å². The Morgan fingerprint density at radius 3 is 1.62 bits per heavy atom. The van der Waals surface area contributed by atoms with Crippen LogP contribution in [0.1, 0.15) is 11.1 Å². The number of carbonyl (C=O) groups excluding carboxylic acids is 1. The van der Waals surface area contributed by atoms with Crippen molar-refractivity contribution in [1.82, 2.24) is 0 Å². The second kappa shape index (κ2) is 7.87. The van der Waals surface area contributed by atoms with E-state index in [0.29, 0.717) is 22.6 Å². The lowest BCUT2D eigenvalue weighted by Gasteiger charge is -2.05. The number of hydrogen-bond donors (Lipinski definition) is 2. The molecule has 0 unspecified atom stereocenters. The van der Waals surface area contributed by atoms with Crippen LogP contribution in [0, 0.1) is 0 Å². The summed E-state index contributed by atoms with van der Waals surface area (Å²) in [7, 11) is 3.03. The summed E-state index contributed by atoms with van der Waals surface area (Å²) in [5.41, 5.74) is 1.18. The largest absolute Gasteiger partial charge is 0.508 e. The number of ether oxygens (including phenoxy) is 2. The van der Waals surface area contributed by atoms with Gasteiger partial charge >= 0.3 is 0 Å². The molecule has 0 fully saturated rings. The molecule has 2 rings (SSSR count). The number of aromatic hydroxyl groups is 2. The molecular weight excluding hydrogens is 308 g/mol. The predicted molar refractivity (Wildman–Crippen MR) is 92.4 cm³/mol. The van der Waals surface area contributed by atoms with Gasteiger partial charge in [0.15, 0.2) is 5.78 Å². The molecule has 0 heterocycles. The standard InChI is InChI=1S/C19H18O5/c1-23-18-9-7-16(21)11-13(18)3-5-15(20)6-4-14-12-17(22)8-10-19(14)24-2/h3-12,21-22H,1-2H3/b5-3+,6-4+. The summed E-state index contributed by atoms with van der Waals surface area (Å²) >= 11 is 0. The smallest absolute Gasteiger partial charge is 0.178 e. The average molecular weight is 326 g/mol. The molecule has 5 heteroatoms. The number of phenolic OH excluding ortho intramolecular Hbond substituents is 2. The molecule has 0 aliphatic heterocycles. The molecule has 24 heavy (non-hydrogen) atoms. The highest BCUT2D eigenvalue weighted by Crippen LogP contribution is 2.25. The fourth-order valence-electron chi connectivity index (χ4n) is 2.10. The van der Waals surface area contributed by atoms with Gasteiger partial charge < -0.3 is 19.7 Å². The van der Waals surface area contributed by atoms with Gasteiger partial charge in [0.05, 0.1) is 14.2 Å². The molecule has 0 saturated carbocycles. The highest BCUT2D eigenvalue weighted by atomic mass is 16.5. The molecule has 124 valence electrons. The maximum Gasteiger partial charge on any atom is 0.178 e. The third-order valence-electron chi connectivity index (χ3n) is 3.28. The van der Waals surface area contributed by atoms with E-state index in [0.717, 1.165) is 0 Å². The van der Waals surface area contributed by atoms with Crippen molar-refractivity contribution in [3.63, 3.8) is 0 Å². The van der Waals surface area contributed by atoms with Crippen molar-refractivity contribution in [2.24, 2.45) is 0 Å². The first-order valence-electron chi connectivity index (χ1n) is 7.17. The monoisotopic (exact) mass is 326 g/mol. The molecule has 0 amide bonds. The van der Waals surface area contributed by atoms with Crippen molar-refractivity contribution >= 4 is 17.9 Å². The normalized spacial score (nSPS) is 11.1. The van der Waals surface area contributed by atoms with Crippen molar-refractivity contribution < 1.29 is 24.5 Å². The third-order valence-corrected chi connectivity index (χ3v) is 3.28. The van der Waals surface area contributed by atoms with E-state index >= 15 is 0 Å². The number of methoxy groups -OCH3 is 2. The summed E-state index contributed by atoms with van der Waals surface area (Å²) in [6.45, 7) is 0. The van der Waals surface area contributed by atoms with E-state index < -0.39 is 0 Å². The molecule has 0 atom stereocenters. The van der Waals surface area contributed by atoms with Crippen LogP contribution in [-0.2, 0) is 4.79 Å². The minimum Gasteiger partial charge on any atom is -0.508 e. The summed E-state index contributed by atoms with van der Waals surface area (Å²) in [6.07, 6.45) is 5.85. The van der Waals surface area contributed by atoms with Crippen LogP contribution < -0.4 is 9.47 Å². The summed E-state index contributed by atoms with van der Waals surface area (Å²) in [5, 5.41) is 19.0. The highest BCUT2D eigenvalue weighted by molar-refractivity contribution is 6.04. The van der Waals surface area contributed by atoms with Gasteiger partial charge in [0, 0.05) is 11.1 Å². The van der Waals surface area contributed by atoms with Gasteiger partial charge in [-0.3, -0.25) is 4.79 Å². The van der Waals surface area contributed by atoms with Gasteiger partial charge in [0.2, 0.25) is 0 Å². The Morgan fingerprint density at radius 2 is 1.25 bits per heavy atom. The fraction of sp³-hybridized carbons (Fsp3) is 0.105. The van der Waals surface area contributed by atoms with E-state index in [1.54, 1.807) is 24.3 Å². The molecule has 0 aliphatic rings. The summed E-state index contributed by atoms with van der Waals surface area (Å²) < 4.78 is 10.3. The molecule has 0 aromatic heterocycles. The Labute approximate surface area is 140 Å². The first-order chi connectivity index (χ1) is 11.5. The number of ketones is 1. The molecule has 2 aromatic rings. The van der Waals surface area contributed by atoms with Gasteiger partial charge in [0.25, 0.3) is 0 Å². The lowest BCUT2D eigenvalue weighted by molar-refractivity contribution is -0.110. The molecule has 5 nitrogen and oxygen atoms in total. The van der Waals surface area contributed by atoms with E-state index in [1.807, 2.05) is 0 Å². The predicted octanol–water partition coefficient (Wildman–Crippen LogP) is 3.41. The number of phenols is 2. The SMILES string of the molecule is COc1ccc(O)cc1/C=C/C(=O)/C=C/c1cc(O)ccc1OC. The first kappa shape index (κ1) is 17.1. The average Bonchev–Trinajstić information content (AvgIpc) is 2.58. The van der Waals surface area contributed by atoms with E-state index in [1.165, 1.54) is 50.6 Å². The summed E-state index contributed by atoms with van der Waals surface area (Å²) in [6, 6.07) is 9.26. The zero-order valence-electron chi connectivity index (χ0n) is 13.4. The first-order valence-corrected chi connectivity index (χ1v) is 7.17. The molecule has 0 bridgehead atoms. The minimum absolute atomic E-state index is 0.0861. The zero-order valence-corrected chi connectivity index (χ0v) is 13.4. The Bertz CT molecular complexity index is 725. The quantitative estimate of drug-likeness (QED) is 0.796. The van der Waals surface area contributed by atoms with Crippen molar-refractivity contribution in [2.75, 3.05) is 14.2 Å². The van der Waals surface area contributed by atoms with Gasteiger partial charge in [-0.05, 0) is 60.7 Å². The molecule has 0 saturated heterocycles. The van der Waals surface area contributed by atoms with Crippen LogP contribution in [0.15, 0.2) is 48.6 Å². The molecular formula is C19H18O5. The van der Waals surface area contributed by atoms with Gasteiger partial charge in [-0.2, -0.15) is 0 Å². The van der Waals surface area contributed by atoms with Gasteiger partial charge in [-0.1, -0.05) is 0 Å². The highest BCUT2D eigenvalue weighted by Gasteiger charge is 2.03. The number of rotatable bonds is 6. The fourth-order valence-corrected chi connectivity index (χ4v) is 2.10. The van der Waals surface area contributed by atoms with E-state index in [4.69, 9.17) is 9.47 Å². The van der Waals surface area contributed by atoms with Crippen LogP contribution in [0.5, 0.6) is 23.0 Å². The second-order valence-corrected chi connectivity index (χ2v) is 4.92. The molecule has 0 radical (unpaired) electrons. The molecule has 2 aromatic carbocycles. The zero-order chi connectivity index (χ0) is 17.5. The number of allylic oxidation sites excluding steroid dienone is 2. The Kier molecular flexibility index (Phi) is 5.63. The lowest BCUT2D eigenvalue weighted by atomic mass is 10.1. The van der Waals surface area contributed by atoms with E-state index in [-0.39, 0.29) is 17.3 Å². The van der Waals surface area contributed by atoms with Crippen LogP contribution in [0.2, 0.25) is 0 Å². The van der Waals surface area contributed by atoms with Gasteiger partial charge in [-0.15, -0.1) is 0 Å². The van der Waals surface area contributed by atoms with Crippen molar-refractivity contribution in [3.05, 3.63) is 59.7 Å². The lowest BCUT2D eigenvalue weighted by Crippen LogP contribution is -1.90. The third kappa shape index (κ3) is 4.39. The van der Waals surface area contributed by atoms with Crippen molar-refractivity contribution in [2.45, 2.75) is 0 Å². The minimum atomic E-state index is -0.259. The van der Waals surface area contributed by atoms with Gasteiger partial charge in [0.1, 0.15) is 23.0 Å². The summed E-state index contributed by atoms with van der Waals surface area (Å²) in [5.74, 6) is 1.02. The Morgan fingerprint density at radius 1 is 0.833 bits per heavy atom. The van der Waals surface area contributed by atoms with Gasteiger partial charge in [-0.25, -0.2) is 0 Å². The van der Waals surface area contributed by atoms with Crippen LogP contribution >= 0.6 is 0 Å². The van der Waals surface area contributed by atoms with Crippen LogP contribution in [0.3, 0.4) is 0 Å². The molecule has 2 N–H and O–H groups in total. The van der Waals surface area contributed by atoms with E-state index in [2.05, 4.69) is 0 Å². The number of benzene rings is 2.